The molecule has 1 amide bonds. The number of piperidine rings is 1. The van der Waals surface area contributed by atoms with Gasteiger partial charge in [0.25, 0.3) is 5.91 Å². The lowest BCUT2D eigenvalue weighted by Gasteiger charge is -2.34. The molecular formula is C20H25N3O3S2. The second-order valence-electron chi connectivity index (χ2n) is 7.61. The predicted octanol–water partition coefficient (Wildman–Crippen LogP) is 2.12. The van der Waals surface area contributed by atoms with Gasteiger partial charge < -0.3 is 5.32 Å². The van der Waals surface area contributed by atoms with Crippen molar-refractivity contribution in [1.82, 2.24) is 15.2 Å². The zero-order valence-corrected chi connectivity index (χ0v) is 17.3. The molecule has 1 aromatic heterocycles. The van der Waals surface area contributed by atoms with Crippen LogP contribution in [0.2, 0.25) is 0 Å². The largest absolute Gasteiger partial charge is 0.345 e. The lowest BCUT2D eigenvalue weighted by atomic mass is 10.0. The van der Waals surface area contributed by atoms with Gasteiger partial charge >= 0.3 is 0 Å². The average Bonchev–Trinajstić information content (AvgIpc) is 3.27. The Bertz CT molecular complexity index is 921. The van der Waals surface area contributed by atoms with E-state index in [2.05, 4.69) is 15.2 Å². The van der Waals surface area contributed by atoms with Crippen molar-refractivity contribution >= 4 is 27.1 Å². The number of sulfone groups is 1. The molecule has 2 fully saturated rings. The van der Waals surface area contributed by atoms with Crippen molar-refractivity contribution in [2.45, 2.75) is 37.8 Å². The summed E-state index contributed by atoms with van der Waals surface area (Å²) in [6, 6.07) is 9.52. The minimum Gasteiger partial charge on any atom is -0.345 e. The molecule has 2 aliphatic rings. The number of benzene rings is 1. The quantitative estimate of drug-likeness (QED) is 0.803. The number of aromatic nitrogens is 1. The lowest BCUT2D eigenvalue weighted by molar-refractivity contribution is 0.0895. The molecule has 0 spiro atoms. The minimum absolute atomic E-state index is 0.0148. The molecule has 2 unspecified atom stereocenters. The second-order valence-corrected chi connectivity index (χ2v) is 10.7. The minimum atomic E-state index is -3.13. The van der Waals surface area contributed by atoms with Crippen LogP contribution in [-0.4, -0.2) is 60.9 Å². The monoisotopic (exact) mass is 419 g/mol. The second kappa shape index (κ2) is 8.31. The molecule has 1 aromatic carbocycles. The SMILES string of the molecule is O=C(NC1CS(=O)(=O)CC1N1CCCCC1)c1csc(Cc2ccccc2)n1. The standard InChI is InChI=1S/C20H25N3O3S2/c24-20(16-12-27-19(21-16)11-15-7-3-1-4-8-15)22-17-13-28(25,26)14-18(17)23-9-5-2-6-10-23/h1,3-4,7-8,12,17-18H,2,5-6,9-11,13-14H2,(H,22,24). The third kappa shape index (κ3) is 4.61. The Morgan fingerprint density at radius 1 is 1.14 bits per heavy atom. The van der Waals surface area contributed by atoms with Crippen LogP contribution < -0.4 is 5.32 Å². The van der Waals surface area contributed by atoms with Gasteiger partial charge in [0.05, 0.1) is 22.6 Å². The normalized spacial score (nSPS) is 24.9. The smallest absolute Gasteiger partial charge is 0.271 e. The van der Waals surface area contributed by atoms with Crippen molar-refractivity contribution in [3.05, 3.63) is 52.0 Å². The summed E-state index contributed by atoms with van der Waals surface area (Å²) in [6.07, 6.45) is 4.06. The highest BCUT2D eigenvalue weighted by molar-refractivity contribution is 7.91. The maximum Gasteiger partial charge on any atom is 0.271 e. The fourth-order valence-corrected chi connectivity index (χ4v) is 6.85. The van der Waals surface area contributed by atoms with Crippen LogP contribution in [0.15, 0.2) is 35.7 Å². The van der Waals surface area contributed by atoms with Gasteiger partial charge in [0.2, 0.25) is 0 Å². The van der Waals surface area contributed by atoms with Crippen molar-refractivity contribution in [2.75, 3.05) is 24.6 Å². The van der Waals surface area contributed by atoms with E-state index in [-0.39, 0.29) is 29.5 Å². The maximum absolute atomic E-state index is 12.7. The lowest BCUT2D eigenvalue weighted by Crippen LogP contribution is -2.52. The third-order valence-electron chi connectivity index (χ3n) is 5.48. The van der Waals surface area contributed by atoms with Crippen LogP contribution in [0.3, 0.4) is 0 Å². The summed E-state index contributed by atoms with van der Waals surface area (Å²) in [6.45, 7) is 1.81. The van der Waals surface area contributed by atoms with E-state index in [0.717, 1.165) is 36.5 Å². The summed E-state index contributed by atoms with van der Waals surface area (Å²) in [7, 11) is -3.13. The van der Waals surface area contributed by atoms with Crippen molar-refractivity contribution in [2.24, 2.45) is 0 Å². The van der Waals surface area contributed by atoms with Crippen LogP contribution in [0.1, 0.15) is 40.3 Å². The summed E-state index contributed by atoms with van der Waals surface area (Å²) >= 11 is 1.46. The van der Waals surface area contributed by atoms with Crippen LogP contribution in [0, 0.1) is 0 Å². The number of carbonyl (C=O) groups excluding carboxylic acids is 1. The first-order valence-corrected chi connectivity index (χ1v) is 12.4. The van der Waals surface area contributed by atoms with E-state index in [0.29, 0.717) is 12.1 Å². The van der Waals surface area contributed by atoms with Gasteiger partial charge in [-0.25, -0.2) is 13.4 Å². The molecule has 0 saturated carbocycles. The highest BCUT2D eigenvalue weighted by Gasteiger charge is 2.42. The number of carbonyl (C=O) groups is 1. The Labute approximate surface area is 169 Å². The highest BCUT2D eigenvalue weighted by Crippen LogP contribution is 2.23. The zero-order chi connectivity index (χ0) is 19.6. The molecule has 1 N–H and O–H groups in total. The van der Waals surface area contributed by atoms with Crippen LogP contribution in [0.5, 0.6) is 0 Å². The van der Waals surface area contributed by atoms with Crippen LogP contribution in [0.25, 0.3) is 0 Å². The number of amides is 1. The summed E-state index contributed by atoms with van der Waals surface area (Å²) in [5.74, 6) is -0.130. The van der Waals surface area contributed by atoms with Gasteiger partial charge in [0.1, 0.15) is 5.69 Å². The van der Waals surface area contributed by atoms with Crippen molar-refractivity contribution in [3.8, 4) is 0 Å². The van der Waals surface area contributed by atoms with E-state index >= 15 is 0 Å². The molecule has 2 saturated heterocycles. The van der Waals surface area contributed by atoms with E-state index < -0.39 is 9.84 Å². The molecule has 150 valence electrons. The maximum atomic E-state index is 12.7. The molecule has 4 rings (SSSR count). The Balaban J connectivity index is 1.43. The number of hydrogen-bond donors (Lipinski definition) is 1. The molecule has 2 atom stereocenters. The van der Waals surface area contributed by atoms with E-state index in [9.17, 15) is 13.2 Å². The fraction of sp³-hybridized carbons (Fsp3) is 0.500. The topological polar surface area (TPSA) is 79.4 Å². The predicted molar refractivity (Wildman–Crippen MR) is 110 cm³/mol. The molecular weight excluding hydrogens is 394 g/mol. The van der Waals surface area contributed by atoms with Crippen molar-refractivity contribution in [3.63, 3.8) is 0 Å². The summed E-state index contributed by atoms with van der Waals surface area (Å²) in [5, 5.41) is 5.59. The van der Waals surface area contributed by atoms with E-state index in [1.807, 2.05) is 30.3 Å². The summed E-state index contributed by atoms with van der Waals surface area (Å²) < 4.78 is 24.5. The molecule has 6 nitrogen and oxygen atoms in total. The molecule has 2 aliphatic heterocycles. The Morgan fingerprint density at radius 2 is 1.89 bits per heavy atom. The van der Waals surface area contributed by atoms with Gasteiger partial charge in [0, 0.05) is 17.8 Å². The molecule has 8 heteroatoms. The number of nitrogens with zero attached hydrogens (tertiary/aromatic N) is 2. The summed E-state index contributed by atoms with van der Waals surface area (Å²) in [4.78, 5) is 19.4. The van der Waals surface area contributed by atoms with Crippen LogP contribution >= 0.6 is 11.3 Å². The first kappa shape index (κ1) is 19.5. The first-order valence-electron chi connectivity index (χ1n) is 9.74. The number of thiazole rings is 1. The molecule has 0 radical (unpaired) electrons. The Kier molecular flexibility index (Phi) is 5.80. The Morgan fingerprint density at radius 3 is 2.64 bits per heavy atom. The fourth-order valence-electron chi connectivity index (χ4n) is 4.09. The van der Waals surface area contributed by atoms with Gasteiger partial charge in [-0.1, -0.05) is 36.8 Å². The van der Waals surface area contributed by atoms with Gasteiger partial charge in [0.15, 0.2) is 9.84 Å². The van der Waals surface area contributed by atoms with Gasteiger partial charge in [-0.05, 0) is 31.5 Å². The number of nitrogens with one attached hydrogen (secondary N) is 1. The summed E-state index contributed by atoms with van der Waals surface area (Å²) in [5.41, 5.74) is 1.52. The highest BCUT2D eigenvalue weighted by atomic mass is 32.2. The molecule has 3 heterocycles. The molecule has 28 heavy (non-hydrogen) atoms. The first-order chi connectivity index (χ1) is 13.5. The molecule has 0 aliphatic carbocycles. The van der Waals surface area contributed by atoms with E-state index in [4.69, 9.17) is 0 Å². The van der Waals surface area contributed by atoms with Crippen LogP contribution in [-0.2, 0) is 16.3 Å². The average molecular weight is 420 g/mol. The van der Waals surface area contributed by atoms with Gasteiger partial charge in [-0.2, -0.15) is 0 Å². The van der Waals surface area contributed by atoms with E-state index in [1.165, 1.54) is 17.8 Å². The number of rotatable bonds is 5. The van der Waals surface area contributed by atoms with Gasteiger partial charge in [-0.15, -0.1) is 11.3 Å². The van der Waals surface area contributed by atoms with Gasteiger partial charge in [-0.3, -0.25) is 9.69 Å². The number of likely N-dealkylation sites (tertiary alicyclic amines) is 1. The van der Waals surface area contributed by atoms with Crippen molar-refractivity contribution in [1.29, 1.82) is 0 Å². The van der Waals surface area contributed by atoms with Crippen LogP contribution in [0.4, 0.5) is 0 Å². The third-order valence-corrected chi connectivity index (χ3v) is 8.05. The molecule has 2 aromatic rings. The zero-order valence-electron chi connectivity index (χ0n) is 15.7. The molecule has 0 bridgehead atoms. The van der Waals surface area contributed by atoms with E-state index in [1.54, 1.807) is 5.38 Å². The Hall–Kier alpha value is -1.77. The number of hydrogen-bond acceptors (Lipinski definition) is 6. The van der Waals surface area contributed by atoms with Crippen molar-refractivity contribution < 1.29 is 13.2 Å².